The molecule has 1 aromatic heterocycles. The summed E-state index contributed by atoms with van der Waals surface area (Å²) in [5.41, 5.74) is 1.55. The van der Waals surface area contributed by atoms with E-state index in [9.17, 15) is 4.79 Å². The normalized spacial score (nSPS) is 8.87. The highest BCUT2D eigenvalue weighted by Crippen LogP contribution is 2.01. The van der Waals surface area contributed by atoms with Crippen molar-refractivity contribution in [2.75, 3.05) is 14.1 Å². The zero-order valence-electron chi connectivity index (χ0n) is 10.2. The number of pyridine rings is 1. The van der Waals surface area contributed by atoms with E-state index in [-0.39, 0.29) is 5.91 Å². The third-order valence-corrected chi connectivity index (χ3v) is 1.56. The summed E-state index contributed by atoms with van der Waals surface area (Å²) in [6.07, 6.45) is 2.84. The third-order valence-electron chi connectivity index (χ3n) is 1.56. The molecule has 0 N–H and O–H groups in total. The second-order valence-corrected chi connectivity index (χ2v) is 3.59. The third kappa shape index (κ3) is 5.15. The Kier molecular flexibility index (Phi) is 6.34. The fourth-order valence-electron chi connectivity index (χ4n) is 0.853. The van der Waals surface area contributed by atoms with Crippen LogP contribution in [0, 0.1) is 6.92 Å². The van der Waals surface area contributed by atoms with Gasteiger partial charge in [0.25, 0.3) is 5.91 Å². The first-order valence-electron chi connectivity index (χ1n) is 5.17. The minimum Gasteiger partial charge on any atom is -0.345 e. The molecular formula is C12H20N2O. The standard InChI is InChI=1S/C9H12N2O.C3H8/c1-7-4-5-8(6-10-7)9(12)11(2)3;1-3-2/h4-6H,1-3H3;3H2,1-2H3. The molecule has 0 aliphatic carbocycles. The number of hydrogen-bond donors (Lipinski definition) is 0. The van der Waals surface area contributed by atoms with E-state index < -0.39 is 0 Å². The predicted octanol–water partition coefficient (Wildman–Crippen LogP) is 2.51. The molecular weight excluding hydrogens is 188 g/mol. The van der Waals surface area contributed by atoms with Gasteiger partial charge in [0.05, 0.1) is 5.56 Å². The van der Waals surface area contributed by atoms with E-state index in [1.807, 2.05) is 13.0 Å². The van der Waals surface area contributed by atoms with E-state index in [1.165, 1.54) is 11.3 Å². The number of amides is 1. The summed E-state index contributed by atoms with van der Waals surface area (Å²) in [5, 5.41) is 0. The van der Waals surface area contributed by atoms with Gasteiger partial charge in [-0.25, -0.2) is 0 Å². The van der Waals surface area contributed by atoms with Crippen LogP contribution >= 0.6 is 0 Å². The van der Waals surface area contributed by atoms with Gasteiger partial charge < -0.3 is 4.90 Å². The van der Waals surface area contributed by atoms with Crippen molar-refractivity contribution in [2.24, 2.45) is 0 Å². The molecule has 0 aliphatic rings. The minimum absolute atomic E-state index is 0.0116. The van der Waals surface area contributed by atoms with Crippen LogP contribution in [0.4, 0.5) is 0 Å². The molecule has 84 valence electrons. The molecule has 0 unspecified atom stereocenters. The number of aryl methyl sites for hydroxylation is 1. The summed E-state index contributed by atoms with van der Waals surface area (Å²) >= 11 is 0. The molecule has 1 aromatic rings. The van der Waals surface area contributed by atoms with E-state index in [0.717, 1.165) is 5.69 Å². The zero-order valence-corrected chi connectivity index (χ0v) is 10.2. The maximum atomic E-state index is 11.3. The Labute approximate surface area is 92.1 Å². The van der Waals surface area contributed by atoms with Gasteiger partial charge in [-0.3, -0.25) is 9.78 Å². The molecule has 15 heavy (non-hydrogen) atoms. The van der Waals surface area contributed by atoms with Gasteiger partial charge in [-0.05, 0) is 19.1 Å². The molecule has 1 amide bonds. The molecule has 3 heteroatoms. The lowest BCUT2D eigenvalue weighted by Crippen LogP contribution is -2.21. The van der Waals surface area contributed by atoms with Crippen LogP contribution in [0.25, 0.3) is 0 Å². The molecule has 0 fully saturated rings. The number of rotatable bonds is 1. The number of carbonyl (C=O) groups excluding carboxylic acids is 1. The Hall–Kier alpha value is -1.38. The SMILES string of the molecule is CCC.Cc1ccc(C(=O)N(C)C)cn1. The Bertz CT molecular complexity index is 291. The van der Waals surface area contributed by atoms with Crippen LogP contribution in [0.3, 0.4) is 0 Å². The topological polar surface area (TPSA) is 33.2 Å². The molecule has 0 aliphatic heterocycles. The highest BCUT2D eigenvalue weighted by Gasteiger charge is 2.06. The van der Waals surface area contributed by atoms with Gasteiger partial charge in [-0.2, -0.15) is 0 Å². The monoisotopic (exact) mass is 208 g/mol. The maximum absolute atomic E-state index is 11.3. The van der Waals surface area contributed by atoms with Crippen LogP contribution in [0.5, 0.6) is 0 Å². The van der Waals surface area contributed by atoms with E-state index >= 15 is 0 Å². The Morgan fingerprint density at radius 2 is 1.87 bits per heavy atom. The van der Waals surface area contributed by atoms with Gasteiger partial charge in [-0.1, -0.05) is 20.3 Å². The summed E-state index contributed by atoms with van der Waals surface area (Å²) in [6.45, 7) is 6.14. The highest BCUT2D eigenvalue weighted by molar-refractivity contribution is 5.93. The van der Waals surface area contributed by atoms with Crippen LogP contribution in [-0.4, -0.2) is 29.9 Å². The Morgan fingerprint density at radius 3 is 2.20 bits per heavy atom. The summed E-state index contributed by atoms with van der Waals surface area (Å²) in [7, 11) is 3.45. The van der Waals surface area contributed by atoms with Gasteiger partial charge >= 0.3 is 0 Å². The average molecular weight is 208 g/mol. The number of hydrogen-bond acceptors (Lipinski definition) is 2. The molecule has 3 nitrogen and oxygen atoms in total. The average Bonchev–Trinajstić information content (AvgIpc) is 2.19. The summed E-state index contributed by atoms with van der Waals surface area (Å²) in [5.74, 6) is -0.0116. The molecule has 0 aromatic carbocycles. The van der Waals surface area contributed by atoms with E-state index in [4.69, 9.17) is 0 Å². The Morgan fingerprint density at radius 1 is 1.33 bits per heavy atom. The molecule has 0 saturated carbocycles. The zero-order chi connectivity index (χ0) is 11.8. The lowest BCUT2D eigenvalue weighted by Gasteiger charge is -2.09. The molecule has 1 rings (SSSR count). The van der Waals surface area contributed by atoms with Crippen molar-refractivity contribution in [3.05, 3.63) is 29.6 Å². The number of carbonyl (C=O) groups is 1. The predicted molar refractivity (Wildman–Crippen MR) is 63.0 cm³/mol. The van der Waals surface area contributed by atoms with Gasteiger partial charge in [-0.15, -0.1) is 0 Å². The first-order chi connectivity index (χ1) is 7.02. The lowest BCUT2D eigenvalue weighted by atomic mass is 10.2. The summed E-state index contributed by atoms with van der Waals surface area (Å²) < 4.78 is 0. The van der Waals surface area contributed by atoms with Crippen molar-refractivity contribution in [2.45, 2.75) is 27.2 Å². The lowest BCUT2D eigenvalue weighted by molar-refractivity contribution is 0.0827. The maximum Gasteiger partial charge on any atom is 0.254 e. The van der Waals surface area contributed by atoms with Crippen LogP contribution < -0.4 is 0 Å². The first-order valence-corrected chi connectivity index (χ1v) is 5.17. The minimum atomic E-state index is -0.0116. The molecule has 0 spiro atoms. The second-order valence-electron chi connectivity index (χ2n) is 3.59. The Balaban J connectivity index is 0.000000583. The molecule has 1 heterocycles. The summed E-state index contributed by atoms with van der Waals surface area (Å²) in [4.78, 5) is 16.9. The quantitative estimate of drug-likeness (QED) is 0.710. The second kappa shape index (κ2) is 6.98. The summed E-state index contributed by atoms with van der Waals surface area (Å²) in [6, 6.07) is 3.61. The van der Waals surface area contributed by atoms with Crippen molar-refractivity contribution in [3.8, 4) is 0 Å². The van der Waals surface area contributed by atoms with Crippen molar-refractivity contribution in [3.63, 3.8) is 0 Å². The van der Waals surface area contributed by atoms with Gasteiger partial charge in [0.2, 0.25) is 0 Å². The molecule has 0 saturated heterocycles. The van der Waals surface area contributed by atoms with Gasteiger partial charge in [0.15, 0.2) is 0 Å². The van der Waals surface area contributed by atoms with Crippen LogP contribution in [-0.2, 0) is 0 Å². The molecule has 0 radical (unpaired) electrons. The largest absolute Gasteiger partial charge is 0.345 e. The number of nitrogens with zero attached hydrogens (tertiary/aromatic N) is 2. The molecule has 0 bridgehead atoms. The fourth-order valence-corrected chi connectivity index (χ4v) is 0.853. The fraction of sp³-hybridized carbons (Fsp3) is 0.500. The van der Waals surface area contributed by atoms with Crippen molar-refractivity contribution >= 4 is 5.91 Å². The van der Waals surface area contributed by atoms with Gasteiger partial charge in [0.1, 0.15) is 0 Å². The number of aromatic nitrogens is 1. The van der Waals surface area contributed by atoms with Crippen molar-refractivity contribution < 1.29 is 4.79 Å². The van der Waals surface area contributed by atoms with Crippen molar-refractivity contribution in [1.29, 1.82) is 0 Å². The van der Waals surface area contributed by atoms with Crippen LogP contribution in [0.15, 0.2) is 18.3 Å². The molecule has 0 atom stereocenters. The first kappa shape index (κ1) is 13.6. The van der Waals surface area contributed by atoms with E-state index in [1.54, 1.807) is 26.4 Å². The van der Waals surface area contributed by atoms with Crippen molar-refractivity contribution in [1.82, 2.24) is 9.88 Å². The van der Waals surface area contributed by atoms with E-state index in [2.05, 4.69) is 18.8 Å². The van der Waals surface area contributed by atoms with Gasteiger partial charge in [0, 0.05) is 26.0 Å². The van der Waals surface area contributed by atoms with Crippen LogP contribution in [0.2, 0.25) is 0 Å². The smallest absolute Gasteiger partial charge is 0.254 e. The van der Waals surface area contributed by atoms with Crippen LogP contribution in [0.1, 0.15) is 36.3 Å². The highest BCUT2D eigenvalue weighted by atomic mass is 16.2. The van der Waals surface area contributed by atoms with E-state index in [0.29, 0.717) is 5.56 Å².